The van der Waals surface area contributed by atoms with Gasteiger partial charge in [0.15, 0.2) is 0 Å². The van der Waals surface area contributed by atoms with Crippen LogP contribution in [0.5, 0.6) is 5.75 Å². The van der Waals surface area contributed by atoms with Gasteiger partial charge < -0.3 is 14.2 Å². The Labute approximate surface area is 156 Å². The van der Waals surface area contributed by atoms with Crippen LogP contribution in [0.2, 0.25) is 0 Å². The number of rotatable bonds is 4. The molecule has 0 saturated carbocycles. The summed E-state index contributed by atoms with van der Waals surface area (Å²) in [6.45, 7) is 1.28. The molecule has 1 fully saturated rings. The van der Waals surface area contributed by atoms with Crippen molar-refractivity contribution in [1.82, 2.24) is 25.2 Å². The predicted molar refractivity (Wildman–Crippen MR) is 96.2 cm³/mol. The Kier molecular flexibility index (Phi) is 4.78. The molecule has 138 valence electrons. The molecular weight excluding hydrogens is 346 g/mol. The lowest BCUT2D eigenvalue weighted by molar-refractivity contribution is 0.0704. The number of hydrogen-bond acceptors (Lipinski definition) is 7. The van der Waals surface area contributed by atoms with Crippen LogP contribution in [-0.4, -0.2) is 51.3 Å². The van der Waals surface area contributed by atoms with Crippen molar-refractivity contribution >= 4 is 5.91 Å². The van der Waals surface area contributed by atoms with Crippen LogP contribution in [0.3, 0.4) is 0 Å². The minimum atomic E-state index is 0.0122. The third kappa shape index (κ3) is 3.64. The van der Waals surface area contributed by atoms with Gasteiger partial charge in [-0.15, -0.1) is 5.10 Å². The summed E-state index contributed by atoms with van der Waals surface area (Å²) in [5.74, 6) is 1.85. The second-order valence-corrected chi connectivity index (χ2v) is 6.36. The van der Waals surface area contributed by atoms with Crippen molar-refractivity contribution in [3.63, 3.8) is 0 Å². The van der Waals surface area contributed by atoms with Gasteiger partial charge in [-0.2, -0.15) is 10.1 Å². The Morgan fingerprint density at radius 1 is 1.22 bits per heavy atom. The molecule has 1 aromatic carbocycles. The highest BCUT2D eigenvalue weighted by molar-refractivity contribution is 5.94. The molecule has 0 radical (unpaired) electrons. The fourth-order valence-electron chi connectivity index (χ4n) is 3.19. The van der Waals surface area contributed by atoms with E-state index >= 15 is 0 Å². The Morgan fingerprint density at radius 3 is 2.81 bits per heavy atom. The van der Waals surface area contributed by atoms with Crippen LogP contribution in [0.4, 0.5) is 0 Å². The minimum Gasteiger partial charge on any atom is -0.497 e. The van der Waals surface area contributed by atoms with Crippen LogP contribution < -0.4 is 4.74 Å². The quantitative estimate of drug-likeness (QED) is 0.701. The van der Waals surface area contributed by atoms with E-state index in [-0.39, 0.29) is 11.8 Å². The smallest absolute Gasteiger partial charge is 0.253 e. The monoisotopic (exact) mass is 365 g/mol. The first-order valence-electron chi connectivity index (χ1n) is 8.79. The number of hydrogen-bond donors (Lipinski definition) is 0. The third-order valence-corrected chi connectivity index (χ3v) is 4.69. The van der Waals surface area contributed by atoms with Crippen molar-refractivity contribution in [3.8, 4) is 17.3 Å². The molecule has 27 heavy (non-hydrogen) atoms. The summed E-state index contributed by atoms with van der Waals surface area (Å²) in [6, 6.07) is 10.8. The molecule has 3 heterocycles. The molecule has 1 aliphatic rings. The van der Waals surface area contributed by atoms with Gasteiger partial charge in [-0.05, 0) is 43.2 Å². The van der Waals surface area contributed by atoms with E-state index in [0.29, 0.717) is 41.8 Å². The molecule has 2 aromatic heterocycles. The molecule has 0 spiro atoms. The average Bonchev–Trinajstić information content (AvgIpc) is 3.24. The van der Waals surface area contributed by atoms with Crippen molar-refractivity contribution < 1.29 is 14.1 Å². The van der Waals surface area contributed by atoms with Gasteiger partial charge in [0.2, 0.25) is 11.7 Å². The number of aromatic nitrogens is 4. The van der Waals surface area contributed by atoms with E-state index in [1.807, 2.05) is 23.1 Å². The highest BCUT2D eigenvalue weighted by Gasteiger charge is 2.28. The van der Waals surface area contributed by atoms with Crippen LogP contribution >= 0.6 is 0 Å². The maximum absolute atomic E-state index is 12.7. The first-order valence-corrected chi connectivity index (χ1v) is 8.79. The second kappa shape index (κ2) is 7.53. The molecule has 0 atom stereocenters. The normalized spacial score (nSPS) is 14.9. The van der Waals surface area contributed by atoms with E-state index < -0.39 is 0 Å². The summed E-state index contributed by atoms with van der Waals surface area (Å²) < 4.78 is 10.6. The zero-order valence-corrected chi connectivity index (χ0v) is 14.9. The molecule has 0 N–H and O–H groups in total. The average molecular weight is 365 g/mol. The first-order chi connectivity index (χ1) is 13.2. The second-order valence-electron chi connectivity index (χ2n) is 6.36. The summed E-state index contributed by atoms with van der Waals surface area (Å²) in [6.07, 6.45) is 3.15. The number of carbonyl (C=O) groups is 1. The Morgan fingerprint density at radius 2 is 2.07 bits per heavy atom. The number of likely N-dealkylation sites (tertiary alicyclic amines) is 1. The van der Waals surface area contributed by atoms with Crippen LogP contribution in [0.25, 0.3) is 11.5 Å². The maximum atomic E-state index is 12.7. The largest absolute Gasteiger partial charge is 0.497 e. The molecular formula is C19H19N5O3. The van der Waals surface area contributed by atoms with E-state index in [1.54, 1.807) is 31.5 Å². The first kappa shape index (κ1) is 17.1. The van der Waals surface area contributed by atoms with Crippen molar-refractivity contribution in [2.75, 3.05) is 20.2 Å². The molecule has 0 aliphatic carbocycles. The number of ether oxygens (including phenoxy) is 1. The molecule has 3 aromatic rings. The van der Waals surface area contributed by atoms with E-state index in [1.165, 1.54) is 0 Å². The third-order valence-electron chi connectivity index (χ3n) is 4.69. The van der Waals surface area contributed by atoms with Crippen LogP contribution in [-0.2, 0) is 0 Å². The van der Waals surface area contributed by atoms with E-state index in [4.69, 9.17) is 9.26 Å². The van der Waals surface area contributed by atoms with Gasteiger partial charge in [0.05, 0.1) is 7.11 Å². The molecule has 4 rings (SSSR count). The van der Waals surface area contributed by atoms with E-state index in [0.717, 1.165) is 12.8 Å². The van der Waals surface area contributed by atoms with Crippen molar-refractivity contribution in [3.05, 3.63) is 54.0 Å². The number of nitrogens with zero attached hydrogens (tertiary/aromatic N) is 5. The number of amides is 1. The van der Waals surface area contributed by atoms with Gasteiger partial charge in [0.25, 0.3) is 5.91 Å². The zero-order valence-electron chi connectivity index (χ0n) is 14.9. The van der Waals surface area contributed by atoms with Gasteiger partial charge >= 0.3 is 0 Å². The van der Waals surface area contributed by atoms with Gasteiger partial charge in [-0.25, -0.2) is 0 Å². The van der Waals surface area contributed by atoms with Crippen molar-refractivity contribution in [2.45, 2.75) is 18.8 Å². The van der Waals surface area contributed by atoms with Crippen molar-refractivity contribution in [1.29, 1.82) is 0 Å². The lowest BCUT2D eigenvalue weighted by Crippen LogP contribution is -2.38. The summed E-state index contributed by atoms with van der Waals surface area (Å²) in [7, 11) is 1.59. The summed E-state index contributed by atoms with van der Waals surface area (Å²) in [5, 5.41) is 11.8. The highest BCUT2D eigenvalue weighted by atomic mass is 16.5. The lowest BCUT2D eigenvalue weighted by atomic mass is 9.96. The molecule has 8 nitrogen and oxygen atoms in total. The molecule has 0 bridgehead atoms. The Balaban J connectivity index is 1.40. The number of benzene rings is 1. The van der Waals surface area contributed by atoms with Gasteiger partial charge in [-0.3, -0.25) is 4.79 Å². The fraction of sp³-hybridized carbons (Fsp3) is 0.316. The predicted octanol–water partition coefficient (Wildman–Crippen LogP) is 2.56. The topological polar surface area (TPSA) is 94.2 Å². The van der Waals surface area contributed by atoms with Crippen LogP contribution in [0.15, 0.2) is 47.1 Å². The number of carbonyl (C=O) groups excluding carboxylic acids is 1. The summed E-state index contributed by atoms with van der Waals surface area (Å²) in [5.41, 5.74) is 1.22. The van der Waals surface area contributed by atoms with Gasteiger partial charge in [0.1, 0.15) is 11.4 Å². The number of methoxy groups -OCH3 is 1. The molecule has 1 aliphatic heterocycles. The van der Waals surface area contributed by atoms with Crippen LogP contribution in [0.1, 0.15) is 35.0 Å². The SMILES string of the molecule is COc1cccc(C(=O)N2CCC(c3nc(-c4cccnn4)no3)CC2)c1. The van der Waals surface area contributed by atoms with Crippen LogP contribution in [0, 0.1) is 0 Å². The number of piperidine rings is 1. The molecule has 1 saturated heterocycles. The lowest BCUT2D eigenvalue weighted by Gasteiger charge is -2.30. The van der Waals surface area contributed by atoms with Crippen molar-refractivity contribution in [2.24, 2.45) is 0 Å². The van der Waals surface area contributed by atoms with Gasteiger partial charge in [-0.1, -0.05) is 11.2 Å². The minimum absolute atomic E-state index is 0.0122. The molecule has 0 unspecified atom stereocenters. The Hall–Kier alpha value is -3.29. The highest BCUT2D eigenvalue weighted by Crippen LogP contribution is 2.29. The molecule has 1 amide bonds. The van der Waals surface area contributed by atoms with E-state index in [2.05, 4.69) is 20.3 Å². The summed E-state index contributed by atoms with van der Waals surface area (Å²) in [4.78, 5) is 19.0. The maximum Gasteiger partial charge on any atom is 0.253 e. The van der Waals surface area contributed by atoms with Gasteiger partial charge in [0, 0.05) is 30.8 Å². The Bertz CT molecular complexity index is 920. The zero-order chi connectivity index (χ0) is 18.6. The summed E-state index contributed by atoms with van der Waals surface area (Å²) >= 11 is 0. The fourth-order valence-corrected chi connectivity index (χ4v) is 3.19. The van der Waals surface area contributed by atoms with E-state index in [9.17, 15) is 4.79 Å². The molecule has 8 heteroatoms. The standard InChI is InChI=1S/C19H19N5O3/c1-26-15-5-2-4-14(12-15)19(25)24-10-7-13(8-11-24)18-21-17(23-27-18)16-6-3-9-20-22-16/h2-6,9,12-13H,7-8,10-11H2,1H3.